The van der Waals surface area contributed by atoms with Crippen LogP contribution in [0.2, 0.25) is 0 Å². The van der Waals surface area contributed by atoms with E-state index in [-0.39, 0.29) is 11.8 Å². The third-order valence-electron chi connectivity index (χ3n) is 3.07. The van der Waals surface area contributed by atoms with Gasteiger partial charge in [-0.3, -0.25) is 9.59 Å². The number of benzene rings is 1. The number of hydrogen-bond acceptors (Lipinski definition) is 4. The minimum absolute atomic E-state index is 0.0808. The van der Waals surface area contributed by atoms with Crippen LogP contribution in [0.15, 0.2) is 22.6 Å². The third-order valence-corrected chi connectivity index (χ3v) is 3.07. The molecule has 6 nitrogen and oxygen atoms in total. The largest absolute Gasteiger partial charge is 0.441 e. The van der Waals surface area contributed by atoms with Crippen molar-refractivity contribution < 1.29 is 14.0 Å². The maximum atomic E-state index is 11.9. The molecule has 1 aromatic heterocycles. The van der Waals surface area contributed by atoms with Crippen molar-refractivity contribution in [3.63, 3.8) is 0 Å². The predicted octanol–water partition coefficient (Wildman–Crippen LogP) is 1.35. The van der Waals surface area contributed by atoms with Crippen molar-refractivity contribution in [2.45, 2.75) is 25.8 Å². The van der Waals surface area contributed by atoms with Crippen molar-refractivity contribution in [2.75, 3.05) is 5.32 Å². The number of hydrogen-bond donors (Lipinski definition) is 2. The number of carbonyl (C=O) groups is 2. The van der Waals surface area contributed by atoms with E-state index in [1.54, 1.807) is 25.1 Å². The highest BCUT2D eigenvalue weighted by molar-refractivity contribution is 5.99. The number of amides is 2. The van der Waals surface area contributed by atoms with Gasteiger partial charge in [-0.1, -0.05) is 0 Å². The van der Waals surface area contributed by atoms with E-state index in [9.17, 15) is 9.59 Å². The lowest BCUT2D eigenvalue weighted by atomic mass is 10.2. The predicted molar refractivity (Wildman–Crippen MR) is 68.5 cm³/mol. The Labute approximate surface area is 109 Å². The van der Waals surface area contributed by atoms with Crippen LogP contribution in [-0.2, 0) is 9.59 Å². The zero-order valence-corrected chi connectivity index (χ0v) is 10.4. The van der Waals surface area contributed by atoms with Crippen molar-refractivity contribution in [3.05, 3.63) is 24.1 Å². The minimum Gasteiger partial charge on any atom is -0.441 e. The second kappa shape index (κ2) is 4.38. The van der Waals surface area contributed by atoms with Crippen molar-refractivity contribution in [2.24, 2.45) is 0 Å². The molecule has 1 aromatic carbocycles. The monoisotopic (exact) mass is 259 g/mol. The van der Waals surface area contributed by atoms with Gasteiger partial charge >= 0.3 is 0 Å². The van der Waals surface area contributed by atoms with Crippen LogP contribution in [0.4, 0.5) is 5.69 Å². The Bertz CT molecular complexity index is 662. The van der Waals surface area contributed by atoms with Crippen molar-refractivity contribution in [1.82, 2.24) is 10.3 Å². The molecule has 0 aliphatic carbocycles. The van der Waals surface area contributed by atoms with Gasteiger partial charge in [0.15, 0.2) is 11.5 Å². The summed E-state index contributed by atoms with van der Waals surface area (Å²) in [6.45, 7) is 1.77. The van der Waals surface area contributed by atoms with Gasteiger partial charge in [0.1, 0.15) is 11.6 Å². The van der Waals surface area contributed by atoms with E-state index in [0.717, 1.165) is 0 Å². The maximum Gasteiger partial charge on any atom is 0.246 e. The molecule has 3 rings (SSSR count). The molecule has 6 heteroatoms. The highest BCUT2D eigenvalue weighted by atomic mass is 16.3. The van der Waals surface area contributed by atoms with Gasteiger partial charge in [-0.2, -0.15) is 0 Å². The molecule has 2 heterocycles. The van der Waals surface area contributed by atoms with Gasteiger partial charge in [-0.25, -0.2) is 4.98 Å². The molecule has 0 spiro atoms. The second-order valence-electron chi connectivity index (χ2n) is 4.56. The molecule has 1 fully saturated rings. The number of nitrogens with one attached hydrogen (secondary N) is 2. The minimum atomic E-state index is -0.442. The fraction of sp³-hybridized carbons (Fsp3) is 0.308. The zero-order chi connectivity index (χ0) is 13.4. The lowest BCUT2D eigenvalue weighted by molar-refractivity contribution is -0.122. The lowest BCUT2D eigenvalue weighted by Crippen LogP contribution is -2.37. The highest BCUT2D eigenvalue weighted by Gasteiger charge is 2.27. The van der Waals surface area contributed by atoms with Crippen LogP contribution < -0.4 is 10.6 Å². The molecule has 1 aliphatic rings. The van der Waals surface area contributed by atoms with E-state index < -0.39 is 6.04 Å². The van der Waals surface area contributed by atoms with Crippen LogP contribution in [0.25, 0.3) is 11.1 Å². The number of aromatic nitrogens is 1. The molecule has 0 bridgehead atoms. The Morgan fingerprint density at radius 1 is 1.53 bits per heavy atom. The lowest BCUT2D eigenvalue weighted by Gasteiger charge is -2.10. The first-order valence-corrected chi connectivity index (χ1v) is 6.09. The fourth-order valence-electron chi connectivity index (χ4n) is 2.16. The van der Waals surface area contributed by atoms with Crippen LogP contribution in [0.1, 0.15) is 18.7 Å². The van der Waals surface area contributed by atoms with Crippen molar-refractivity contribution in [3.8, 4) is 0 Å². The van der Waals surface area contributed by atoms with Crippen LogP contribution in [0.3, 0.4) is 0 Å². The summed E-state index contributed by atoms with van der Waals surface area (Å²) in [5, 5.41) is 5.40. The number of nitrogens with zero attached hydrogens (tertiary/aromatic N) is 1. The number of aryl methyl sites for hydroxylation is 1. The van der Waals surface area contributed by atoms with Gasteiger partial charge in [-0.15, -0.1) is 0 Å². The molecular formula is C13H13N3O3. The number of oxazole rings is 1. The Morgan fingerprint density at radius 3 is 3.11 bits per heavy atom. The molecule has 0 radical (unpaired) electrons. The van der Waals surface area contributed by atoms with E-state index >= 15 is 0 Å². The van der Waals surface area contributed by atoms with Gasteiger partial charge < -0.3 is 15.1 Å². The van der Waals surface area contributed by atoms with Gasteiger partial charge in [0.2, 0.25) is 11.8 Å². The quantitative estimate of drug-likeness (QED) is 0.852. The number of rotatable bonds is 2. The highest BCUT2D eigenvalue weighted by Crippen LogP contribution is 2.20. The van der Waals surface area contributed by atoms with Crippen LogP contribution in [0.5, 0.6) is 0 Å². The van der Waals surface area contributed by atoms with Gasteiger partial charge in [0.25, 0.3) is 0 Å². The van der Waals surface area contributed by atoms with Gasteiger partial charge in [-0.05, 0) is 24.6 Å². The molecule has 1 atom stereocenters. The Kier molecular flexibility index (Phi) is 2.70. The fourth-order valence-corrected chi connectivity index (χ4v) is 2.16. The standard InChI is InChI=1S/C13H13N3O3/c1-7-14-10-6-8(2-4-11(10)19-7)15-13(18)9-3-5-12(17)16-9/h2,4,6,9H,3,5H2,1H3,(H,15,18)(H,16,17). The van der Waals surface area contributed by atoms with E-state index in [4.69, 9.17) is 4.42 Å². The summed E-state index contributed by atoms with van der Waals surface area (Å²) in [5.74, 6) is 0.301. The van der Waals surface area contributed by atoms with Crippen LogP contribution in [0, 0.1) is 6.92 Å². The molecule has 2 aromatic rings. The summed E-state index contributed by atoms with van der Waals surface area (Å²) in [6, 6.07) is 4.82. The topological polar surface area (TPSA) is 84.2 Å². The van der Waals surface area contributed by atoms with E-state index in [2.05, 4.69) is 15.6 Å². The Hall–Kier alpha value is -2.37. The molecular weight excluding hydrogens is 246 g/mol. The first-order valence-electron chi connectivity index (χ1n) is 6.09. The van der Waals surface area contributed by atoms with Crippen molar-refractivity contribution >= 4 is 28.6 Å². The third kappa shape index (κ3) is 2.29. The molecule has 2 amide bonds. The number of carbonyl (C=O) groups excluding carboxylic acids is 2. The summed E-state index contributed by atoms with van der Waals surface area (Å²) < 4.78 is 5.36. The molecule has 98 valence electrons. The summed E-state index contributed by atoms with van der Waals surface area (Å²) >= 11 is 0. The molecule has 1 saturated heterocycles. The molecule has 2 N–H and O–H groups in total. The van der Waals surface area contributed by atoms with Crippen molar-refractivity contribution in [1.29, 1.82) is 0 Å². The number of anilines is 1. The maximum absolute atomic E-state index is 11.9. The summed E-state index contributed by atoms with van der Waals surface area (Å²) in [6.07, 6.45) is 0.940. The summed E-state index contributed by atoms with van der Waals surface area (Å²) in [5.41, 5.74) is 2.03. The van der Waals surface area contributed by atoms with E-state index in [1.807, 2.05) is 0 Å². The van der Waals surface area contributed by atoms with Crippen LogP contribution in [-0.4, -0.2) is 22.8 Å². The number of fused-ring (bicyclic) bond motifs is 1. The van der Waals surface area contributed by atoms with Crippen LogP contribution >= 0.6 is 0 Å². The zero-order valence-electron chi connectivity index (χ0n) is 10.4. The normalized spacial score (nSPS) is 18.6. The van der Waals surface area contributed by atoms with Gasteiger partial charge in [0.05, 0.1) is 0 Å². The summed E-state index contributed by atoms with van der Waals surface area (Å²) in [7, 11) is 0. The smallest absolute Gasteiger partial charge is 0.246 e. The molecule has 1 aliphatic heterocycles. The first-order chi connectivity index (χ1) is 9.11. The SMILES string of the molecule is Cc1nc2cc(NC(=O)C3CCC(=O)N3)ccc2o1. The Balaban J connectivity index is 1.77. The Morgan fingerprint density at radius 2 is 2.37 bits per heavy atom. The van der Waals surface area contributed by atoms with E-state index in [1.165, 1.54) is 0 Å². The average molecular weight is 259 g/mol. The molecule has 1 unspecified atom stereocenters. The van der Waals surface area contributed by atoms with E-state index in [0.29, 0.717) is 35.5 Å². The summed E-state index contributed by atoms with van der Waals surface area (Å²) in [4.78, 5) is 27.2. The average Bonchev–Trinajstić information content (AvgIpc) is 2.93. The van der Waals surface area contributed by atoms with Gasteiger partial charge in [0, 0.05) is 19.0 Å². The molecule has 0 saturated carbocycles. The molecule has 19 heavy (non-hydrogen) atoms. The second-order valence-corrected chi connectivity index (χ2v) is 4.56. The first kappa shape index (κ1) is 11.7.